The van der Waals surface area contributed by atoms with Crippen LogP contribution >= 0.6 is 0 Å². The molecule has 1 heterocycles. The molecular formula is C22H38N4O. The Morgan fingerprint density at radius 2 is 1.63 bits per heavy atom. The van der Waals surface area contributed by atoms with E-state index in [2.05, 4.69) is 58.8 Å². The van der Waals surface area contributed by atoms with Gasteiger partial charge in [-0.15, -0.1) is 5.10 Å². The normalized spacial score (nSPS) is 11.8. The second-order valence-corrected chi connectivity index (χ2v) is 8.34. The van der Waals surface area contributed by atoms with E-state index in [9.17, 15) is 0 Å². The zero-order chi connectivity index (χ0) is 20.5. The molecule has 0 aliphatic carbocycles. The van der Waals surface area contributed by atoms with E-state index in [0.717, 1.165) is 23.4 Å². The predicted octanol–water partition coefficient (Wildman–Crippen LogP) is 5.66. The summed E-state index contributed by atoms with van der Waals surface area (Å²) < 4.78 is 8.06. The van der Waals surface area contributed by atoms with Crippen LogP contribution in [0.5, 0.6) is 0 Å². The molecule has 0 atom stereocenters. The average Bonchev–Trinajstić information content (AvgIpc) is 3.11. The smallest absolute Gasteiger partial charge is 0.113 e. The second kappa shape index (κ2) is 10.5. The predicted molar refractivity (Wildman–Crippen MR) is 115 cm³/mol. The Balaban J connectivity index is 0.00000114. The first-order valence-corrected chi connectivity index (χ1v) is 10.1. The molecule has 0 saturated carbocycles. The Labute approximate surface area is 165 Å². The molecule has 27 heavy (non-hydrogen) atoms. The van der Waals surface area contributed by atoms with Gasteiger partial charge in [0.05, 0.1) is 23.9 Å². The number of rotatable bonds is 8. The SMILES string of the molecule is CCC.CCCCC(C)(C)OCC(C)(C)n1cc(-c2ccc(N)cc2)nn1. The van der Waals surface area contributed by atoms with Crippen molar-refractivity contribution in [3.8, 4) is 11.3 Å². The van der Waals surface area contributed by atoms with Gasteiger partial charge in [-0.05, 0) is 46.2 Å². The van der Waals surface area contributed by atoms with Gasteiger partial charge in [-0.25, -0.2) is 4.68 Å². The van der Waals surface area contributed by atoms with Crippen LogP contribution in [0.3, 0.4) is 0 Å². The third-order valence-electron chi connectivity index (χ3n) is 4.27. The molecule has 0 aliphatic heterocycles. The first-order chi connectivity index (χ1) is 12.6. The van der Waals surface area contributed by atoms with E-state index in [1.165, 1.54) is 19.3 Å². The minimum absolute atomic E-state index is 0.117. The fourth-order valence-corrected chi connectivity index (χ4v) is 2.46. The van der Waals surface area contributed by atoms with Gasteiger partial charge in [-0.3, -0.25) is 0 Å². The van der Waals surface area contributed by atoms with Gasteiger partial charge in [0.15, 0.2) is 0 Å². The van der Waals surface area contributed by atoms with Crippen molar-refractivity contribution in [2.24, 2.45) is 0 Å². The van der Waals surface area contributed by atoms with E-state index in [0.29, 0.717) is 6.61 Å². The number of ether oxygens (including phenoxy) is 1. The highest BCUT2D eigenvalue weighted by Crippen LogP contribution is 2.25. The summed E-state index contributed by atoms with van der Waals surface area (Å²) in [6.45, 7) is 15.6. The van der Waals surface area contributed by atoms with Crippen LogP contribution in [0.15, 0.2) is 30.5 Å². The number of aromatic nitrogens is 3. The van der Waals surface area contributed by atoms with Gasteiger partial charge in [0.2, 0.25) is 0 Å². The monoisotopic (exact) mass is 374 g/mol. The molecule has 1 aromatic heterocycles. The molecule has 0 spiro atoms. The standard InChI is InChI=1S/C19H30N4O.C3H8/c1-6-7-12-19(4,5)24-14-18(2,3)23-13-17(21-22-23)15-8-10-16(20)11-9-15;1-3-2/h8-11,13H,6-7,12,14,20H2,1-5H3;3H2,1-2H3. The molecule has 1 aromatic carbocycles. The van der Waals surface area contributed by atoms with Crippen LogP contribution in [0.4, 0.5) is 5.69 Å². The average molecular weight is 375 g/mol. The van der Waals surface area contributed by atoms with Gasteiger partial charge in [0, 0.05) is 11.3 Å². The minimum Gasteiger partial charge on any atom is -0.399 e. The van der Waals surface area contributed by atoms with Crippen LogP contribution in [0.25, 0.3) is 11.3 Å². The maximum Gasteiger partial charge on any atom is 0.113 e. The molecule has 0 bridgehead atoms. The highest BCUT2D eigenvalue weighted by Gasteiger charge is 2.27. The van der Waals surface area contributed by atoms with E-state index in [1.54, 1.807) is 0 Å². The highest BCUT2D eigenvalue weighted by atomic mass is 16.5. The fraction of sp³-hybridized carbons (Fsp3) is 0.636. The van der Waals surface area contributed by atoms with Crippen molar-refractivity contribution in [2.45, 2.75) is 85.3 Å². The van der Waals surface area contributed by atoms with Crippen molar-refractivity contribution >= 4 is 5.69 Å². The van der Waals surface area contributed by atoms with Crippen LogP contribution in [-0.2, 0) is 10.3 Å². The number of nitrogen functional groups attached to an aromatic ring is 1. The minimum atomic E-state index is -0.261. The lowest BCUT2D eigenvalue weighted by Crippen LogP contribution is -2.37. The van der Waals surface area contributed by atoms with Crippen LogP contribution in [0, 0.1) is 0 Å². The maximum absolute atomic E-state index is 6.18. The Bertz CT molecular complexity index is 659. The second-order valence-electron chi connectivity index (χ2n) is 8.34. The molecule has 0 unspecified atom stereocenters. The number of benzene rings is 1. The van der Waals surface area contributed by atoms with E-state index >= 15 is 0 Å². The van der Waals surface area contributed by atoms with Crippen LogP contribution in [0.2, 0.25) is 0 Å². The number of unbranched alkanes of at least 4 members (excludes halogenated alkanes) is 1. The number of nitrogens with zero attached hydrogens (tertiary/aromatic N) is 3. The molecule has 5 nitrogen and oxygen atoms in total. The zero-order valence-corrected chi connectivity index (χ0v) is 18.2. The molecule has 0 saturated heterocycles. The van der Waals surface area contributed by atoms with Crippen molar-refractivity contribution in [1.29, 1.82) is 0 Å². The van der Waals surface area contributed by atoms with Gasteiger partial charge < -0.3 is 10.5 Å². The molecule has 2 rings (SSSR count). The van der Waals surface area contributed by atoms with Crippen LogP contribution < -0.4 is 5.73 Å². The lowest BCUT2D eigenvalue weighted by Gasteiger charge is -2.32. The van der Waals surface area contributed by atoms with Crippen molar-refractivity contribution in [1.82, 2.24) is 15.0 Å². The van der Waals surface area contributed by atoms with Crippen molar-refractivity contribution in [2.75, 3.05) is 12.3 Å². The molecule has 2 aromatic rings. The third-order valence-corrected chi connectivity index (χ3v) is 4.27. The Kier molecular flexibility index (Phi) is 8.97. The maximum atomic E-state index is 6.18. The summed E-state index contributed by atoms with van der Waals surface area (Å²) in [7, 11) is 0. The number of hydrogen-bond donors (Lipinski definition) is 1. The summed E-state index contributed by atoms with van der Waals surface area (Å²) in [5, 5.41) is 8.60. The molecule has 5 heteroatoms. The van der Waals surface area contributed by atoms with Gasteiger partial charge in [-0.1, -0.05) is 57.4 Å². The van der Waals surface area contributed by atoms with Gasteiger partial charge >= 0.3 is 0 Å². The summed E-state index contributed by atoms with van der Waals surface area (Å²) in [6, 6.07) is 7.67. The van der Waals surface area contributed by atoms with Crippen molar-refractivity contribution in [3.05, 3.63) is 30.5 Å². The van der Waals surface area contributed by atoms with E-state index in [-0.39, 0.29) is 11.1 Å². The van der Waals surface area contributed by atoms with Gasteiger partial charge in [0.25, 0.3) is 0 Å². The first kappa shape index (κ1) is 23.2. The fourth-order valence-electron chi connectivity index (χ4n) is 2.46. The summed E-state index contributed by atoms with van der Waals surface area (Å²) in [5.41, 5.74) is 7.95. The Hall–Kier alpha value is -1.88. The van der Waals surface area contributed by atoms with E-state index < -0.39 is 0 Å². The van der Waals surface area contributed by atoms with Gasteiger partial charge in [-0.2, -0.15) is 0 Å². The highest BCUT2D eigenvalue weighted by molar-refractivity contribution is 5.60. The van der Waals surface area contributed by atoms with Crippen LogP contribution in [-0.4, -0.2) is 27.2 Å². The lowest BCUT2D eigenvalue weighted by atomic mass is 10.0. The number of hydrogen-bond acceptors (Lipinski definition) is 4. The molecule has 152 valence electrons. The largest absolute Gasteiger partial charge is 0.399 e. The summed E-state index contributed by atoms with van der Waals surface area (Å²) in [4.78, 5) is 0. The first-order valence-electron chi connectivity index (χ1n) is 10.1. The molecule has 0 radical (unpaired) electrons. The molecule has 2 N–H and O–H groups in total. The van der Waals surface area contributed by atoms with Crippen molar-refractivity contribution < 1.29 is 4.74 Å². The molecular weight excluding hydrogens is 336 g/mol. The lowest BCUT2D eigenvalue weighted by molar-refractivity contribution is -0.0592. The molecule has 0 fully saturated rings. The quantitative estimate of drug-likeness (QED) is 0.605. The molecule has 0 aliphatic rings. The third kappa shape index (κ3) is 7.71. The number of nitrogens with two attached hydrogens (primary N) is 1. The summed E-state index contributed by atoms with van der Waals surface area (Å²) >= 11 is 0. The number of anilines is 1. The molecule has 0 amide bonds. The van der Waals surface area contributed by atoms with Crippen molar-refractivity contribution in [3.63, 3.8) is 0 Å². The summed E-state index contributed by atoms with van der Waals surface area (Å²) in [5.74, 6) is 0. The van der Waals surface area contributed by atoms with E-state index in [1.807, 2.05) is 35.1 Å². The Morgan fingerprint density at radius 1 is 1.04 bits per heavy atom. The summed E-state index contributed by atoms with van der Waals surface area (Å²) in [6.07, 6.45) is 6.64. The Morgan fingerprint density at radius 3 is 2.19 bits per heavy atom. The van der Waals surface area contributed by atoms with Crippen LogP contribution in [0.1, 0.15) is 74.1 Å². The van der Waals surface area contributed by atoms with Gasteiger partial charge in [0.1, 0.15) is 5.69 Å². The zero-order valence-electron chi connectivity index (χ0n) is 18.2. The topological polar surface area (TPSA) is 66.0 Å². The van der Waals surface area contributed by atoms with E-state index in [4.69, 9.17) is 10.5 Å².